The van der Waals surface area contributed by atoms with Crippen LogP contribution in [0.2, 0.25) is 0 Å². The molecular weight excluding hydrogens is 260 g/mol. The van der Waals surface area contributed by atoms with Crippen LogP contribution in [-0.2, 0) is 16.0 Å². The van der Waals surface area contributed by atoms with E-state index in [4.69, 9.17) is 13.9 Å². The number of hydrogen-bond donors (Lipinski definition) is 2. The average molecular weight is 284 g/mol. The molecule has 0 aromatic carbocycles. The molecule has 1 heterocycles. The highest BCUT2D eigenvalue weighted by molar-refractivity contribution is 5.19. The van der Waals surface area contributed by atoms with Gasteiger partial charge in [-0.25, -0.2) is 0 Å². The van der Waals surface area contributed by atoms with E-state index in [0.717, 1.165) is 26.1 Å². The average Bonchev–Trinajstić information content (AvgIpc) is 3.10. The molecular formula is C13H24N4O3. The van der Waals surface area contributed by atoms with Crippen LogP contribution in [0.4, 0.5) is 6.01 Å². The molecule has 0 bridgehead atoms. The second kappa shape index (κ2) is 7.56. The number of nitrogens with one attached hydrogen (secondary N) is 2. The van der Waals surface area contributed by atoms with Crippen molar-refractivity contribution in [2.75, 3.05) is 45.8 Å². The summed E-state index contributed by atoms with van der Waals surface area (Å²) in [6.07, 6.45) is 3.56. The Morgan fingerprint density at radius 2 is 2.00 bits per heavy atom. The third-order valence-corrected chi connectivity index (χ3v) is 3.63. The van der Waals surface area contributed by atoms with Crippen LogP contribution in [0.3, 0.4) is 0 Å². The summed E-state index contributed by atoms with van der Waals surface area (Å²) in [6.45, 7) is 3.67. The van der Waals surface area contributed by atoms with Crippen molar-refractivity contribution >= 4 is 6.01 Å². The smallest absolute Gasteiger partial charge is 0.315 e. The molecule has 114 valence electrons. The van der Waals surface area contributed by atoms with Crippen LogP contribution in [0, 0.1) is 5.41 Å². The molecule has 1 aromatic heterocycles. The van der Waals surface area contributed by atoms with Gasteiger partial charge in [0.2, 0.25) is 5.89 Å². The Bertz CT molecular complexity index is 393. The first kappa shape index (κ1) is 15.2. The number of anilines is 1. The SMILES string of the molecule is COCCNCc1nnc(NCC2(CCOC)CC2)o1. The minimum Gasteiger partial charge on any atom is -0.407 e. The number of rotatable bonds is 11. The van der Waals surface area contributed by atoms with Crippen molar-refractivity contribution in [1.29, 1.82) is 0 Å². The van der Waals surface area contributed by atoms with Crippen LogP contribution in [0.25, 0.3) is 0 Å². The topological polar surface area (TPSA) is 81.4 Å². The van der Waals surface area contributed by atoms with E-state index in [-0.39, 0.29) is 0 Å². The summed E-state index contributed by atoms with van der Waals surface area (Å²) < 4.78 is 15.6. The Balaban J connectivity index is 1.67. The molecule has 2 rings (SSSR count). The van der Waals surface area contributed by atoms with E-state index in [1.165, 1.54) is 12.8 Å². The summed E-state index contributed by atoms with van der Waals surface area (Å²) in [5, 5.41) is 14.4. The minimum absolute atomic E-state index is 0.362. The maximum Gasteiger partial charge on any atom is 0.315 e. The summed E-state index contributed by atoms with van der Waals surface area (Å²) >= 11 is 0. The Hall–Kier alpha value is -1.18. The van der Waals surface area contributed by atoms with Crippen molar-refractivity contribution in [3.8, 4) is 0 Å². The van der Waals surface area contributed by atoms with Crippen molar-refractivity contribution in [2.45, 2.75) is 25.8 Å². The lowest BCUT2D eigenvalue weighted by atomic mass is 10.0. The molecule has 1 aliphatic carbocycles. The fourth-order valence-electron chi connectivity index (χ4n) is 2.04. The van der Waals surface area contributed by atoms with E-state index in [9.17, 15) is 0 Å². The zero-order chi connectivity index (χ0) is 14.3. The summed E-state index contributed by atoms with van der Waals surface area (Å²) in [5.74, 6) is 0.588. The lowest BCUT2D eigenvalue weighted by molar-refractivity contribution is 0.174. The fourth-order valence-corrected chi connectivity index (χ4v) is 2.04. The summed E-state index contributed by atoms with van der Waals surface area (Å²) in [7, 11) is 3.41. The first-order valence-electron chi connectivity index (χ1n) is 7.03. The highest BCUT2D eigenvalue weighted by Gasteiger charge is 2.42. The molecule has 7 heteroatoms. The minimum atomic E-state index is 0.362. The number of aromatic nitrogens is 2. The predicted octanol–water partition coefficient (Wildman–Crippen LogP) is 1.03. The Morgan fingerprint density at radius 3 is 2.70 bits per heavy atom. The van der Waals surface area contributed by atoms with Gasteiger partial charge in [0.05, 0.1) is 13.2 Å². The van der Waals surface area contributed by atoms with Crippen LogP contribution in [0.15, 0.2) is 4.42 Å². The van der Waals surface area contributed by atoms with Crippen molar-refractivity contribution in [1.82, 2.24) is 15.5 Å². The van der Waals surface area contributed by atoms with Gasteiger partial charge in [-0.2, -0.15) is 0 Å². The molecule has 0 unspecified atom stereocenters. The molecule has 0 saturated heterocycles. The maximum absolute atomic E-state index is 5.52. The van der Waals surface area contributed by atoms with Crippen molar-refractivity contribution in [3.05, 3.63) is 5.89 Å². The standard InChI is InChI=1S/C13H24N4O3/c1-18-7-5-13(3-4-13)10-15-12-17-16-11(20-12)9-14-6-8-19-2/h14H,3-10H2,1-2H3,(H,15,17). The van der Waals surface area contributed by atoms with Gasteiger partial charge >= 0.3 is 6.01 Å². The van der Waals surface area contributed by atoms with Gasteiger partial charge in [-0.1, -0.05) is 5.10 Å². The quantitative estimate of drug-likeness (QED) is 0.587. The number of ether oxygens (including phenoxy) is 2. The van der Waals surface area contributed by atoms with Gasteiger partial charge in [-0.05, 0) is 24.7 Å². The van der Waals surface area contributed by atoms with Crippen LogP contribution in [0.1, 0.15) is 25.2 Å². The predicted molar refractivity (Wildman–Crippen MR) is 74.5 cm³/mol. The highest BCUT2D eigenvalue weighted by atomic mass is 16.5. The van der Waals surface area contributed by atoms with Crippen molar-refractivity contribution < 1.29 is 13.9 Å². The Labute approximate surface area is 119 Å². The largest absolute Gasteiger partial charge is 0.407 e. The number of hydrogen-bond acceptors (Lipinski definition) is 7. The van der Waals surface area contributed by atoms with Crippen LogP contribution in [0.5, 0.6) is 0 Å². The van der Waals surface area contributed by atoms with Gasteiger partial charge in [0.15, 0.2) is 0 Å². The molecule has 1 fully saturated rings. The summed E-state index contributed by atoms with van der Waals surface area (Å²) in [6, 6.07) is 0.497. The normalized spacial score (nSPS) is 16.3. The summed E-state index contributed by atoms with van der Waals surface area (Å²) in [4.78, 5) is 0. The van der Waals surface area contributed by atoms with E-state index >= 15 is 0 Å². The second-order valence-electron chi connectivity index (χ2n) is 5.27. The Morgan fingerprint density at radius 1 is 1.20 bits per heavy atom. The Kier molecular flexibility index (Phi) is 5.75. The molecule has 0 amide bonds. The second-order valence-corrected chi connectivity index (χ2v) is 5.27. The first-order chi connectivity index (χ1) is 9.78. The third-order valence-electron chi connectivity index (χ3n) is 3.63. The molecule has 0 radical (unpaired) electrons. The number of nitrogens with zero attached hydrogens (tertiary/aromatic N) is 2. The molecule has 1 aliphatic rings. The van der Waals surface area contributed by atoms with E-state index in [2.05, 4.69) is 20.8 Å². The van der Waals surface area contributed by atoms with Crippen molar-refractivity contribution in [2.24, 2.45) is 5.41 Å². The molecule has 0 atom stereocenters. The van der Waals surface area contributed by atoms with E-state index < -0.39 is 0 Å². The molecule has 0 aliphatic heterocycles. The lowest BCUT2D eigenvalue weighted by Gasteiger charge is -2.13. The van der Waals surface area contributed by atoms with Gasteiger partial charge in [-0.15, -0.1) is 5.10 Å². The van der Waals surface area contributed by atoms with E-state index in [1.54, 1.807) is 14.2 Å². The van der Waals surface area contributed by atoms with Gasteiger partial charge in [0.25, 0.3) is 0 Å². The van der Waals surface area contributed by atoms with Gasteiger partial charge in [0.1, 0.15) is 0 Å². The third kappa shape index (κ3) is 4.73. The zero-order valence-corrected chi connectivity index (χ0v) is 12.3. The zero-order valence-electron chi connectivity index (χ0n) is 12.3. The highest BCUT2D eigenvalue weighted by Crippen LogP contribution is 2.48. The summed E-state index contributed by atoms with van der Waals surface area (Å²) in [5.41, 5.74) is 0.362. The fraction of sp³-hybridized carbons (Fsp3) is 0.846. The van der Waals surface area contributed by atoms with Gasteiger partial charge < -0.3 is 24.5 Å². The van der Waals surface area contributed by atoms with Crippen LogP contribution >= 0.6 is 0 Å². The van der Waals surface area contributed by atoms with Gasteiger partial charge in [0, 0.05) is 33.9 Å². The molecule has 2 N–H and O–H groups in total. The van der Waals surface area contributed by atoms with Crippen molar-refractivity contribution in [3.63, 3.8) is 0 Å². The van der Waals surface area contributed by atoms with Crippen LogP contribution < -0.4 is 10.6 Å². The first-order valence-corrected chi connectivity index (χ1v) is 7.03. The van der Waals surface area contributed by atoms with E-state index in [0.29, 0.717) is 30.5 Å². The van der Waals surface area contributed by atoms with Gasteiger partial charge in [-0.3, -0.25) is 0 Å². The molecule has 20 heavy (non-hydrogen) atoms. The lowest BCUT2D eigenvalue weighted by Crippen LogP contribution is -2.18. The molecule has 0 spiro atoms. The monoisotopic (exact) mass is 284 g/mol. The number of methoxy groups -OCH3 is 2. The molecule has 7 nitrogen and oxygen atoms in total. The molecule has 1 aromatic rings. The molecule has 1 saturated carbocycles. The van der Waals surface area contributed by atoms with E-state index in [1.807, 2.05) is 0 Å². The maximum atomic E-state index is 5.52. The van der Waals surface area contributed by atoms with Crippen LogP contribution in [-0.4, -0.2) is 50.7 Å².